The van der Waals surface area contributed by atoms with Crippen LogP contribution in [-0.2, 0) is 12.4 Å². The number of anilines is 6. The highest BCUT2D eigenvalue weighted by Gasteiger charge is 2.40. The molecule has 0 bridgehead atoms. The summed E-state index contributed by atoms with van der Waals surface area (Å²) < 4.78 is 275. The second-order valence-electron chi connectivity index (χ2n) is 16.8. The monoisotopic (exact) mass is 996 g/mol. The van der Waals surface area contributed by atoms with Crippen LogP contribution >= 0.6 is 0 Å². The minimum atomic E-state index is -5.47. The molecule has 12 aromatic carbocycles. The van der Waals surface area contributed by atoms with Crippen LogP contribution < -0.4 is 9.80 Å². The van der Waals surface area contributed by atoms with Crippen LogP contribution in [0.25, 0.3) is 76.8 Å². The molecule has 12 aromatic rings. The Morgan fingerprint density at radius 2 is 0.730 bits per heavy atom. The first kappa shape index (κ1) is 28.8. The Morgan fingerprint density at radius 3 is 1.19 bits per heavy atom. The van der Waals surface area contributed by atoms with E-state index in [1.54, 1.807) is 42.5 Å². The Balaban J connectivity index is 1.23. The SMILES string of the molecule is [2H]c1c([2H])c([2H])c(-c2cc(-c3c([2H])c([2H])c([2H])c([2H])c3[2H])c(N(c3ccccc3)c3cc4ccc(N(c5ccccc5)c5c(-c6c([2H])c([2H])c([2H])c([2H])c6[2H])cc(-c6c([2H])c([2H])c([2H])c([2H])c6[2H])cc5C(F)(F)F)c5ccc6cccc3c6c45)c(C(F)(F)F)c2)c([2H])c1[2H]. The third-order valence-corrected chi connectivity index (χ3v) is 12.5. The first-order valence-corrected chi connectivity index (χ1v) is 22.5. The minimum absolute atomic E-state index is 0.0185. The molecule has 0 N–H and O–H groups in total. The van der Waals surface area contributed by atoms with Gasteiger partial charge in [0.2, 0.25) is 0 Å². The maximum absolute atomic E-state index is 16.7. The fourth-order valence-electron chi connectivity index (χ4n) is 9.52. The van der Waals surface area contributed by atoms with E-state index >= 15 is 26.3 Å². The van der Waals surface area contributed by atoms with Gasteiger partial charge < -0.3 is 9.80 Å². The summed E-state index contributed by atoms with van der Waals surface area (Å²) in [6.45, 7) is 0. The second-order valence-corrected chi connectivity index (χ2v) is 16.8. The largest absolute Gasteiger partial charge is 0.418 e. The van der Waals surface area contributed by atoms with Crippen molar-refractivity contribution in [3.05, 3.63) is 265 Å². The van der Waals surface area contributed by atoms with E-state index in [9.17, 15) is 5.48 Å². The lowest BCUT2D eigenvalue weighted by Gasteiger charge is -2.34. The maximum Gasteiger partial charge on any atom is 0.418 e. The second kappa shape index (κ2) is 18.5. The summed E-state index contributed by atoms with van der Waals surface area (Å²) in [5, 5.41) is 1.46. The highest BCUT2D eigenvalue weighted by molar-refractivity contribution is 6.29. The molecule has 8 heteroatoms. The fraction of sp³-hybridized carbons (Fsp3) is 0.0303. The lowest BCUT2D eigenvalue weighted by molar-refractivity contribution is -0.137. The molecule has 0 unspecified atom stereocenters. The van der Waals surface area contributed by atoms with Gasteiger partial charge in [0, 0.05) is 33.3 Å². The molecule has 0 saturated heterocycles. The molecule has 2 nitrogen and oxygen atoms in total. The number of para-hydroxylation sites is 2. The van der Waals surface area contributed by atoms with Crippen molar-refractivity contribution in [1.29, 1.82) is 0 Å². The maximum atomic E-state index is 16.7. The summed E-state index contributed by atoms with van der Waals surface area (Å²) in [6.07, 6.45) is -10.9. The average molecular weight is 997 g/mol. The predicted octanol–water partition coefficient (Wildman–Crippen LogP) is 20.2. The first-order valence-electron chi connectivity index (χ1n) is 32.5. The van der Waals surface area contributed by atoms with Crippen LogP contribution in [0.1, 0.15) is 38.5 Å². The Hall–Kier alpha value is -9.14. The Bertz CT molecular complexity index is 5080. The molecule has 0 aliphatic carbocycles. The molecule has 0 radical (unpaired) electrons. The van der Waals surface area contributed by atoms with Gasteiger partial charge in [-0.1, -0.05) is 194 Å². The first-order chi connectivity index (χ1) is 44.3. The van der Waals surface area contributed by atoms with E-state index < -0.39 is 200 Å². The summed E-state index contributed by atoms with van der Waals surface area (Å²) in [4.78, 5) is 2.27. The highest BCUT2D eigenvalue weighted by atomic mass is 19.4. The van der Waals surface area contributed by atoms with E-state index in [0.717, 1.165) is 21.9 Å². The molecule has 358 valence electrons. The van der Waals surface area contributed by atoms with Gasteiger partial charge >= 0.3 is 12.4 Å². The molecule has 12 rings (SSSR count). The minimum Gasteiger partial charge on any atom is -0.309 e. The molecule has 0 atom stereocenters. The molecule has 0 aliphatic heterocycles. The van der Waals surface area contributed by atoms with Crippen molar-refractivity contribution in [1.82, 2.24) is 0 Å². The van der Waals surface area contributed by atoms with Crippen LogP contribution in [0, 0.1) is 0 Å². The van der Waals surface area contributed by atoms with Gasteiger partial charge in [-0.15, -0.1) is 0 Å². The van der Waals surface area contributed by atoms with E-state index in [-0.39, 0.29) is 49.7 Å². The molecule has 0 saturated carbocycles. The van der Waals surface area contributed by atoms with Crippen LogP contribution in [0.15, 0.2) is 254 Å². The van der Waals surface area contributed by atoms with Crippen LogP contribution in [0.3, 0.4) is 0 Å². The summed E-state index contributed by atoms with van der Waals surface area (Å²) in [6, 6.07) is 11.6. The topological polar surface area (TPSA) is 6.48 Å². The van der Waals surface area contributed by atoms with Gasteiger partial charge in [-0.05, 0) is 116 Å². The average Bonchev–Trinajstić information content (AvgIpc) is 0.720. The molecule has 0 aliphatic rings. The quantitative estimate of drug-likeness (QED) is 0.0995. The van der Waals surface area contributed by atoms with Crippen molar-refractivity contribution in [3.8, 4) is 44.5 Å². The van der Waals surface area contributed by atoms with Crippen molar-refractivity contribution in [3.63, 3.8) is 0 Å². The van der Waals surface area contributed by atoms with Crippen molar-refractivity contribution in [2.45, 2.75) is 12.4 Å². The number of alkyl halides is 6. The summed E-state index contributed by atoms with van der Waals surface area (Å²) in [5.41, 5.74) is -10.7. The predicted molar refractivity (Wildman–Crippen MR) is 291 cm³/mol. The normalized spacial score (nSPS) is 15.7. The van der Waals surface area contributed by atoms with E-state index in [2.05, 4.69) is 0 Å². The fourth-order valence-corrected chi connectivity index (χ4v) is 9.52. The zero-order chi connectivity index (χ0) is 68.0. The summed E-state index contributed by atoms with van der Waals surface area (Å²) >= 11 is 0. The lowest BCUT2D eigenvalue weighted by atomic mass is 9.89. The third-order valence-electron chi connectivity index (χ3n) is 12.5. The van der Waals surface area contributed by atoms with Gasteiger partial charge in [-0.3, -0.25) is 0 Å². The highest BCUT2D eigenvalue weighted by Crippen LogP contribution is 2.55. The number of hydrogen-bond acceptors (Lipinski definition) is 2. The number of nitrogens with zero attached hydrogens (tertiary/aromatic N) is 2. The van der Waals surface area contributed by atoms with Gasteiger partial charge in [0.05, 0.1) is 61.3 Å². The van der Waals surface area contributed by atoms with Crippen molar-refractivity contribution < 1.29 is 53.8 Å². The van der Waals surface area contributed by atoms with Crippen LogP contribution in [0.4, 0.5) is 60.5 Å². The number of benzene rings is 12. The van der Waals surface area contributed by atoms with Gasteiger partial charge in [0.15, 0.2) is 0 Å². The molecule has 0 heterocycles. The van der Waals surface area contributed by atoms with E-state index in [4.69, 9.17) is 21.9 Å². The number of hydrogen-bond donors (Lipinski definition) is 0. The van der Waals surface area contributed by atoms with Gasteiger partial charge in [-0.25, -0.2) is 0 Å². The lowest BCUT2D eigenvalue weighted by Crippen LogP contribution is -2.19. The zero-order valence-corrected chi connectivity index (χ0v) is 37.9. The van der Waals surface area contributed by atoms with Gasteiger partial charge in [0.1, 0.15) is 0 Å². The van der Waals surface area contributed by atoms with E-state index in [1.165, 1.54) is 66.7 Å². The molecular formula is C66H42F6N2. The van der Waals surface area contributed by atoms with Crippen molar-refractivity contribution in [2.75, 3.05) is 9.80 Å². The standard InChI is InChI=1S/C66H42F6N2/c67-65(68,69)57-40-49(43-20-7-1-8-21-43)38-55(45-24-11-3-12-25-45)63(57)73(51-29-15-5-16-30-51)59-37-35-48-42-60(53-33-19-28-47-34-36-54(59)62(48)61(47)53)74(52-31-17-6-18-32-52)64-56(46-26-13-4-14-27-46)39-50(41-58(64)66(70,71)72)44-22-9-2-10-23-44/h1-42H/i1D,2D,3D,4D,7D,8D,9D,10D,11D,12D,13D,14D,20D,21D,22D,23D,24D,25D,26D,27D. The Kier molecular flexibility index (Phi) is 7.19. The molecular weight excluding hydrogens is 935 g/mol. The molecule has 0 spiro atoms. The van der Waals surface area contributed by atoms with E-state index in [1.807, 2.05) is 0 Å². The summed E-state index contributed by atoms with van der Waals surface area (Å²) in [5.74, 6) is 0. The van der Waals surface area contributed by atoms with Crippen LogP contribution in [0.2, 0.25) is 0 Å². The van der Waals surface area contributed by atoms with Gasteiger partial charge in [0.25, 0.3) is 0 Å². The van der Waals surface area contributed by atoms with Crippen LogP contribution in [0.5, 0.6) is 0 Å². The Labute approximate surface area is 451 Å². The third kappa shape index (κ3) is 8.24. The molecule has 0 amide bonds. The molecule has 74 heavy (non-hydrogen) atoms. The van der Waals surface area contributed by atoms with Crippen LogP contribution in [-0.4, -0.2) is 0 Å². The summed E-state index contributed by atoms with van der Waals surface area (Å²) in [7, 11) is 0. The van der Waals surface area contributed by atoms with Crippen molar-refractivity contribution in [2.24, 2.45) is 0 Å². The smallest absolute Gasteiger partial charge is 0.309 e. The van der Waals surface area contributed by atoms with Gasteiger partial charge in [-0.2, -0.15) is 26.3 Å². The Morgan fingerprint density at radius 1 is 0.324 bits per heavy atom. The zero-order valence-electron chi connectivity index (χ0n) is 57.9. The molecule has 0 aromatic heterocycles. The van der Waals surface area contributed by atoms with E-state index in [0.29, 0.717) is 17.5 Å². The van der Waals surface area contributed by atoms with Crippen molar-refractivity contribution >= 4 is 66.4 Å². The number of rotatable bonds is 10. The number of halogens is 6. The molecule has 0 fully saturated rings.